The van der Waals surface area contributed by atoms with Crippen LogP contribution in [0.2, 0.25) is 0 Å². The van der Waals surface area contributed by atoms with E-state index in [0.29, 0.717) is 23.1 Å². The summed E-state index contributed by atoms with van der Waals surface area (Å²) in [6, 6.07) is 4.25. The van der Waals surface area contributed by atoms with Crippen LogP contribution in [0, 0.1) is 5.82 Å². The van der Waals surface area contributed by atoms with Crippen molar-refractivity contribution in [1.29, 1.82) is 0 Å². The predicted octanol–water partition coefficient (Wildman–Crippen LogP) is 2.15. The van der Waals surface area contributed by atoms with Gasteiger partial charge < -0.3 is 10.6 Å². The highest BCUT2D eigenvalue weighted by Crippen LogP contribution is 2.18. The number of carbonyl (C=O) groups excluding carboxylic acids is 1. The van der Waals surface area contributed by atoms with E-state index >= 15 is 0 Å². The predicted molar refractivity (Wildman–Crippen MR) is 67.2 cm³/mol. The molecule has 1 atom stereocenters. The minimum atomic E-state index is -0.413. The van der Waals surface area contributed by atoms with E-state index in [-0.39, 0.29) is 11.9 Å². The van der Waals surface area contributed by atoms with Gasteiger partial charge in [0.1, 0.15) is 5.82 Å². The number of benzene rings is 1. The summed E-state index contributed by atoms with van der Waals surface area (Å²) in [5, 5.41) is 0. The van der Waals surface area contributed by atoms with Gasteiger partial charge in [-0.2, -0.15) is 0 Å². The number of rotatable bonds is 1. The third kappa shape index (κ3) is 3.04. The van der Waals surface area contributed by atoms with Gasteiger partial charge in [0, 0.05) is 29.2 Å². The fourth-order valence-electron chi connectivity index (χ4n) is 2.05. The highest BCUT2D eigenvalue weighted by atomic mass is 79.9. The highest BCUT2D eigenvalue weighted by Gasteiger charge is 2.22. The topological polar surface area (TPSA) is 46.3 Å². The average molecular weight is 301 g/mol. The van der Waals surface area contributed by atoms with Crippen LogP contribution in [0.25, 0.3) is 0 Å². The molecule has 1 aliphatic rings. The number of carbonyl (C=O) groups is 1. The highest BCUT2D eigenvalue weighted by molar-refractivity contribution is 9.10. The Morgan fingerprint density at radius 1 is 1.47 bits per heavy atom. The first-order valence-corrected chi connectivity index (χ1v) is 6.36. The Morgan fingerprint density at radius 3 is 2.88 bits per heavy atom. The standard InChI is InChI=1S/C12H14BrFN2O/c13-9-4-8(5-10(14)6-9)12(17)16-3-1-2-11(15)7-16/h4-6,11H,1-3,7,15H2. The van der Waals surface area contributed by atoms with E-state index in [0.717, 1.165) is 12.8 Å². The number of piperidine rings is 1. The molecular weight excluding hydrogens is 287 g/mol. The Hall–Kier alpha value is -0.940. The molecule has 0 aliphatic carbocycles. The Morgan fingerprint density at radius 2 is 2.24 bits per heavy atom. The summed E-state index contributed by atoms with van der Waals surface area (Å²) in [6.45, 7) is 1.24. The molecule has 1 fully saturated rings. The van der Waals surface area contributed by atoms with Gasteiger partial charge in [0.25, 0.3) is 5.91 Å². The van der Waals surface area contributed by atoms with Crippen LogP contribution in [0.5, 0.6) is 0 Å². The molecular formula is C12H14BrFN2O. The molecule has 1 aliphatic heterocycles. The summed E-state index contributed by atoms with van der Waals surface area (Å²) in [6.07, 6.45) is 1.85. The average Bonchev–Trinajstić information content (AvgIpc) is 2.26. The number of likely N-dealkylation sites (tertiary alicyclic amines) is 1. The lowest BCUT2D eigenvalue weighted by atomic mass is 10.1. The molecule has 92 valence electrons. The molecule has 0 saturated carbocycles. The molecule has 5 heteroatoms. The van der Waals surface area contributed by atoms with Gasteiger partial charge in [0.15, 0.2) is 0 Å². The molecule has 0 aromatic heterocycles. The van der Waals surface area contributed by atoms with Crippen LogP contribution in [0.3, 0.4) is 0 Å². The first-order chi connectivity index (χ1) is 8.06. The zero-order chi connectivity index (χ0) is 12.4. The molecule has 3 nitrogen and oxygen atoms in total. The number of nitrogens with two attached hydrogens (primary N) is 1. The van der Waals surface area contributed by atoms with Crippen LogP contribution < -0.4 is 5.73 Å². The van der Waals surface area contributed by atoms with Gasteiger partial charge in [0.05, 0.1) is 0 Å². The molecule has 0 radical (unpaired) electrons. The lowest BCUT2D eigenvalue weighted by Gasteiger charge is -2.30. The molecule has 2 rings (SSSR count). The number of hydrogen-bond acceptors (Lipinski definition) is 2. The Balaban J connectivity index is 2.18. The van der Waals surface area contributed by atoms with E-state index in [9.17, 15) is 9.18 Å². The van der Waals surface area contributed by atoms with E-state index in [2.05, 4.69) is 15.9 Å². The molecule has 1 amide bonds. The number of nitrogens with zero attached hydrogens (tertiary/aromatic N) is 1. The molecule has 1 aromatic carbocycles. The molecule has 2 N–H and O–H groups in total. The van der Waals surface area contributed by atoms with Crippen molar-refractivity contribution < 1.29 is 9.18 Å². The molecule has 1 saturated heterocycles. The van der Waals surface area contributed by atoms with Gasteiger partial charge >= 0.3 is 0 Å². The van der Waals surface area contributed by atoms with E-state index < -0.39 is 5.82 Å². The van der Waals surface area contributed by atoms with Crippen molar-refractivity contribution in [2.45, 2.75) is 18.9 Å². The molecule has 0 bridgehead atoms. The lowest BCUT2D eigenvalue weighted by Crippen LogP contribution is -2.45. The van der Waals surface area contributed by atoms with Crippen molar-refractivity contribution in [3.05, 3.63) is 34.1 Å². The van der Waals surface area contributed by atoms with Gasteiger partial charge in [0.2, 0.25) is 0 Å². The molecule has 17 heavy (non-hydrogen) atoms. The number of hydrogen-bond donors (Lipinski definition) is 1. The summed E-state index contributed by atoms with van der Waals surface area (Å²) >= 11 is 3.18. The maximum Gasteiger partial charge on any atom is 0.254 e. The summed E-state index contributed by atoms with van der Waals surface area (Å²) in [4.78, 5) is 13.8. The van der Waals surface area contributed by atoms with Crippen molar-refractivity contribution in [1.82, 2.24) is 4.90 Å². The number of halogens is 2. The lowest BCUT2D eigenvalue weighted by molar-refractivity contribution is 0.0708. The normalized spacial score (nSPS) is 20.4. The van der Waals surface area contributed by atoms with E-state index in [1.54, 1.807) is 11.0 Å². The number of amides is 1. The molecule has 1 heterocycles. The minimum absolute atomic E-state index is 0.0321. The second kappa shape index (κ2) is 5.14. The quantitative estimate of drug-likeness (QED) is 0.864. The van der Waals surface area contributed by atoms with Crippen LogP contribution in [0.1, 0.15) is 23.2 Å². The first kappa shape index (κ1) is 12.5. The summed E-state index contributed by atoms with van der Waals surface area (Å²) < 4.78 is 13.8. The smallest absolute Gasteiger partial charge is 0.254 e. The molecule has 1 aromatic rings. The minimum Gasteiger partial charge on any atom is -0.337 e. The summed E-state index contributed by atoms with van der Waals surface area (Å²) in [5.74, 6) is -0.565. The van der Waals surface area contributed by atoms with Crippen molar-refractivity contribution in [2.24, 2.45) is 5.73 Å². The Bertz CT molecular complexity index is 418. The second-order valence-electron chi connectivity index (χ2n) is 4.31. The van der Waals surface area contributed by atoms with Crippen LogP contribution >= 0.6 is 15.9 Å². The zero-order valence-electron chi connectivity index (χ0n) is 9.33. The van der Waals surface area contributed by atoms with Crippen molar-refractivity contribution in [3.8, 4) is 0 Å². The van der Waals surface area contributed by atoms with Crippen LogP contribution in [-0.2, 0) is 0 Å². The second-order valence-corrected chi connectivity index (χ2v) is 5.23. The van der Waals surface area contributed by atoms with Gasteiger partial charge in [-0.1, -0.05) is 15.9 Å². The third-order valence-corrected chi connectivity index (χ3v) is 3.31. The Labute approximate surface area is 108 Å². The van der Waals surface area contributed by atoms with E-state index in [4.69, 9.17) is 5.73 Å². The fraction of sp³-hybridized carbons (Fsp3) is 0.417. The van der Waals surface area contributed by atoms with Gasteiger partial charge in [-0.3, -0.25) is 4.79 Å². The fourth-order valence-corrected chi connectivity index (χ4v) is 2.52. The van der Waals surface area contributed by atoms with Crippen LogP contribution in [0.15, 0.2) is 22.7 Å². The third-order valence-electron chi connectivity index (χ3n) is 2.85. The monoisotopic (exact) mass is 300 g/mol. The van der Waals surface area contributed by atoms with Gasteiger partial charge in [-0.05, 0) is 31.0 Å². The summed E-state index contributed by atoms with van der Waals surface area (Å²) in [7, 11) is 0. The van der Waals surface area contributed by atoms with Crippen molar-refractivity contribution in [3.63, 3.8) is 0 Å². The first-order valence-electron chi connectivity index (χ1n) is 5.57. The van der Waals surface area contributed by atoms with E-state index in [1.165, 1.54) is 12.1 Å². The largest absolute Gasteiger partial charge is 0.337 e. The van der Waals surface area contributed by atoms with Crippen molar-refractivity contribution in [2.75, 3.05) is 13.1 Å². The maximum absolute atomic E-state index is 13.2. The zero-order valence-corrected chi connectivity index (χ0v) is 10.9. The maximum atomic E-state index is 13.2. The van der Waals surface area contributed by atoms with Gasteiger partial charge in [-0.25, -0.2) is 4.39 Å². The molecule has 0 spiro atoms. The Kier molecular flexibility index (Phi) is 3.79. The molecule has 1 unspecified atom stereocenters. The van der Waals surface area contributed by atoms with E-state index in [1.807, 2.05) is 0 Å². The van der Waals surface area contributed by atoms with Crippen molar-refractivity contribution >= 4 is 21.8 Å². The van der Waals surface area contributed by atoms with Gasteiger partial charge in [-0.15, -0.1) is 0 Å². The van der Waals surface area contributed by atoms with Crippen LogP contribution in [0.4, 0.5) is 4.39 Å². The summed E-state index contributed by atoms with van der Waals surface area (Å²) in [5.41, 5.74) is 6.19. The SMILES string of the molecule is NC1CCCN(C(=O)c2cc(F)cc(Br)c2)C1. The van der Waals surface area contributed by atoms with Crippen LogP contribution in [-0.4, -0.2) is 29.9 Å².